The summed E-state index contributed by atoms with van der Waals surface area (Å²) < 4.78 is 0.679. The Labute approximate surface area is 110 Å². The quantitative estimate of drug-likeness (QED) is 0.907. The van der Waals surface area contributed by atoms with Crippen molar-refractivity contribution in [1.29, 1.82) is 0 Å². The number of carboxylic acids is 1. The molecule has 1 aromatic heterocycles. The van der Waals surface area contributed by atoms with E-state index in [4.69, 9.17) is 0 Å². The highest BCUT2D eigenvalue weighted by Gasteiger charge is 2.19. The van der Waals surface area contributed by atoms with E-state index < -0.39 is 5.97 Å². The van der Waals surface area contributed by atoms with Gasteiger partial charge >= 0.3 is 5.97 Å². The molecule has 0 spiro atoms. The zero-order valence-corrected chi connectivity index (χ0v) is 11.9. The first-order valence-electron chi connectivity index (χ1n) is 5.62. The van der Waals surface area contributed by atoms with E-state index in [1.165, 1.54) is 0 Å². The molecule has 0 aliphatic heterocycles. The number of aromatic nitrogens is 1. The van der Waals surface area contributed by atoms with Gasteiger partial charge in [-0.3, -0.25) is 0 Å². The van der Waals surface area contributed by atoms with Crippen LogP contribution < -0.4 is 4.90 Å². The zero-order valence-electron chi connectivity index (χ0n) is 10.3. The largest absolute Gasteiger partial charge is 0.478 e. The summed E-state index contributed by atoms with van der Waals surface area (Å²) in [6, 6.07) is 1.82. The van der Waals surface area contributed by atoms with Gasteiger partial charge in [0.05, 0.1) is 0 Å². The molecule has 0 bridgehead atoms. The molecule has 0 aromatic carbocycles. The highest BCUT2D eigenvalue weighted by Crippen LogP contribution is 2.23. The van der Waals surface area contributed by atoms with E-state index >= 15 is 0 Å². The van der Waals surface area contributed by atoms with Crippen molar-refractivity contribution < 1.29 is 9.90 Å². The summed E-state index contributed by atoms with van der Waals surface area (Å²) in [7, 11) is 0. The number of pyridine rings is 1. The first kappa shape index (κ1) is 14.0. The van der Waals surface area contributed by atoms with Gasteiger partial charge < -0.3 is 10.0 Å². The van der Waals surface area contributed by atoms with Gasteiger partial charge in [-0.25, -0.2) is 9.78 Å². The molecular formula is C12H17BrN2O2. The monoisotopic (exact) mass is 300 g/mol. The number of carboxylic acid groups (broad SMARTS) is 1. The standard InChI is InChI=1S/C12H17BrN2O2/c1-4-5-15(8(2)3)11-10(12(16)17)6-9(13)7-14-11/h6-8H,4-5H2,1-3H3,(H,16,17). The Balaban J connectivity index is 3.22. The molecule has 0 atom stereocenters. The van der Waals surface area contributed by atoms with Crippen LogP contribution in [0.15, 0.2) is 16.7 Å². The minimum Gasteiger partial charge on any atom is -0.478 e. The lowest BCUT2D eigenvalue weighted by Gasteiger charge is -2.28. The number of carbonyl (C=O) groups is 1. The molecular weight excluding hydrogens is 284 g/mol. The van der Waals surface area contributed by atoms with Crippen LogP contribution in [-0.4, -0.2) is 28.6 Å². The Morgan fingerprint density at radius 3 is 2.71 bits per heavy atom. The number of halogens is 1. The van der Waals surface area contributed by atoms with Crippen LogP contribution in [0.5, 0.6) is 0 Å². The second-order valence-corrected chi connectivity index (χ2v) is 5.03. The van der Waals surface area contributed by atoms with Gasteiger partial charge in [-0.15, -0.1) is 0 Å². The van der Waals surface area contributed by atoms with Gasteiger partial charge in [0, 0.05) is 23.3 Å². The van der Waals surface area contributed by atoms with Crippen molar-refractivity contribution in [2.45, 2.75) is 33.2 Å². The first-order chi connectivity index (χ1) is 7.97. The van der Waals surface area contributed by atoms with Gasteiger partial charge in [-0.2, -0.15) is 0 Å². The minimum atomic E-state index is -0.949. The number of rotatable bonds is 5. The molecule has 0 saturated carbocycles. The van der Waals surface area contributed by atoms with Crippen molar-refractivity contribution in [1.82, 2.24) is 4.98 Å². The Morgan fingerprint density at radius 2 is 2.24 bits per heavy atom. The lowest BCUT2D eigenvalue weighted by Crippen LogP contribution is -2.33. The third kappa shape index (κ3) is 3.43. The number of hydrogen-bond acceptors (Lipinski definition) is 3. The molecule has 5 heteroatoms. The third-order valence-electron chi connectivity index (χ3n) is 2.42. The van der Waals surface area contributed by atoms with Crippen LogP contribution >= 0.6 is 15.9 Å². The van der Waals surface area contributed by atoms with E-state index in [0.29, 0.717) is 10.3 Å². The van der Waals surface area contributed by atoms with Crippen molar-refractivity contribution >= 4 is 27.7 Å². The van der Waals surface area contributed by atoms with E-state index in [0.717, 1.165) is 13.0 Å². The van der Waals surface area contributed by atoms with Crippen LogP contribution in [0.4, 0.5) is 5.82 Å². The van der Waals surface area contributed by atoms with Crippen molar-refractivity contribution in [2.75, 3.05) is 11.4 Å². The molecule has 94 valence electrons. The SMILES string of the molecule is CCCN(c1ncc(Br)cc1C(=O)O)C(C)C. The molecule has 0 unspecified atom stereocenters. The van der Waals surface area contributed by atoms with Crippen LogP contribution in [0.25, 0.3) is 0 Å². The van der Waals surface area contributed by atoms with Gasteiger partial charge in [0.1, 0.15) is 11.4 Å². The molecule has 0 aliphatic rings. The maximum absolute atomic E-state index is 11.2. The second kappa shape index (κ2) is 6.00. The van der Waals surface area contributed by atoms with E-state index in [1.807, 2.05) is 18.7 Å². The fraction of sp³-hybridized carbons (Fsp3) is 0.500. The Morgan fingerprint density at radius 1 is 1.59 bits per heavy atom. The third-order valence-corrected chi connectivity index (χ3v) is 2.86. The zero-order chi connectivity index (χ0) is 13.0. The summed E-state index contributed by atoms with van der Waals surface area (Å²) in [6.07, 6.45) is 2.59. The van der Waals surface area contributed by atoms with Crippen LogP contribution in [0.3, 0.4) is 0 Å². The lowest BCUT2D eigenvalue weighted by molar-refractivity contribution is 0.0697. The number of anilines is 1. The maximum Gasteiger partial charge on any atom is 0.339 e. The smallest absolute Gasteiger partial charge is 0.339 e. The summed E-state index contributed by atoms with van der Waals surface area (Å²) in [5.41, 5.74) is 0.238. The lowest BCUT2D eigenvalue weighted by atomic mass is 10.2. The van der Waals surface area contributed by atoms with Crippen LogP contribution in [0.1, 0.15) is 37.6 Å². The van der Waals surface area contributed by atoms with Gasteiger partial charge in [0.2, 0.25) is 0 Å². The minimum absolute atomic E-state index is 0.224. The number of aromatic carboxylic acids is 1. The molecule has 1 rings (SSSR count). The summed E-state index contributed by atoms with van der Waals surface area (Å²) >= 11 is 3.25. The summed E-state index contributed by atoms with van der Waals surface area (Å²) in [6.45, 7) is 6.93. The number of nitrogens with zero attached hydrogens (tertiary/aromatic N) is 2. The summed E-state index contributed by atoms with van der Waals surface area (Å²) in [5.74, 6) is -0.409. The predicted molar refractivity (Wildman–Crippen MR) is 71.7 cm³/mol. The van der Waals surface area contributed by atoms with Crippen molar-refractivity contribution in [3.63, 3.8) is 0 Å². The molecule has 1 aromatic rings. The fourth-order valence-electron chi connectivity index (χ4n) is 1.67. The molecule has 17 heavy (non-hydrogen) atoms. The Hall–Kier alpha value is -1.10. The maximum atomic E-state index is 11.2. The van der Waals surface area contributed by atoms with E-state index in [9.17, 15) is 9.90 Å². The molecule has 0 saturated heterocycles. The first-order valence-corrected chi connectivity index (χ1v) is 6.42. The molecule has 1 heterocycles. The topological polar surface area (TPSA) is 53.4 Å². The normalized spacial score (nSPS) is 10.6. The Kier molecular flexibility index (Phi) is 4.93. The highest BCUT2D eigenvalue weighted by molar-refractivity contribution is 9.10. The van der Waals surface area contributed by atoms with Crippen molar-refractivity contribution in [3.05, 3.63) is 22.3 Å². The van der Waals surface area contributed by atoms with Crippen LogP contribution in [0.2, 0.25) is 0 Å². The van der Waals surface area contributed by atoms with Crippen LogP contribution in [-0.2, 0) is 0 Å². The van der Waals surface area contributed by atoms with E-state index in [1.54, 1.807) is 12.3 Å². The molecule has 0 fully saturated rings. The van der Waals surface area contributed by atoms with Gasteiger partial charge in [0.15, 0.2) is 0 Å². The molecule has 4 nitrogen and oxygen atoms in total. The number of hydrogen-bond donors (Lipinski definition) is 1. The second-order valence-electron chi connectivity index (χ2n) is 4.12. The van der Waals surface area contributed by atoms with E-state index in [2.05, 4.69) is 27.8 Å². The van der Waals surface area contributed by atoms with E-state index in [-0.39, 0.29) is 11.6 Å². The van der Waals surface area contributed by atoms with Crippen LogP contribution in [0, 0.1) is 0 Å². The molecule has 1 N–H and O–H groups in total. The fourth-order valence-corrected chi connectivity index (χ4v) is 2.00. The predicted octanol–water partition coefficient (Wildman–Crippen LogP) is 3.17. The van der Waals surface area contributed by atoms with Gasteiger partial charge in [-0.05, 0) is 42.3 Å². The van der Waals surface area contributed by atoms with Gasteiger partial charge in [0.25, 0.3) is 0 Å². The van der Waals surface area contributed by atoms with Crippen molar-refractivity contribution in [3.8, 4) is 0 Å². The highest BCUT2D eigenvalue weighted by atomic mass is 79.9. The van der Waals surface area contributed by atoms with Crippen molar-refractivity contribution in [2.24, 2.45) is 0 Å². The van der Waals surface area contributed by atoms with Gasteiger partial charge in [-0.1, -0.05) is 6.92 Å². The molecule has 0 radical (unpaired) electrons. The Bertz CT molecular complexity index is 407. The summed E-state index contributed by atoms with van der Waals surface area (Å²) in [4.78, 5) is 17.5. The average Bonchev–Trinajstić information content (AvgIpc) is 2.26. The summed E-state index contributed by atoms with van der Waals surface area (Å²) in [5, 5.41) is 9.20. The molecule has 0 amide bonds. The molecule has 0 aliphatic carbocycles. The average molecular weight is 301 g/mol.